The molecule has 0 bridgehead atoms. The molecule has 1 N–H and O–H groups in total. The zero-order chi connectivity index (χ0) is 14.5. The smallest absolute Gasteiger partial charge is 0.165 e. The number of likely N-dealkylation sites (tertiary alicyclic amines) is 1. The fraction of sp³-hybridized carbons (Fsp3) is 0.533. The highest BCUT2D eigenvalue weighted by Gasteiger charge is 2.21. The maximum absolute atomic E-state index is 9.31. The minimum atomic E-state index is 0.269. The van der Waals surface area contributed by atoms with Crippen molar-refractivity contribution in [1.82, 2.24) is 25.1 Å². The van der Waals surface area contributed by atoms with E-state index in [1.54, 1.807) is 0 Å². The lowest BCUT2D eigenvalue weighted by molar-refractivity contribution is 0.113. The molecule has 21 heavy (non-hydrogen) atoms. The van der Waals surface area contributed by atoms with Crippen molar-refractivity contribution in [2.24, 2.45) is 5.92 Å². The van der Waals surface area contributed by atoms with Gasteiger partial charge in [-0.3, -0.25) is 4.90 Å². The van der Waals surface area contributed by atoms with Gasteiger partial charge in [-0.2, -0.15) is 0 Å². The van der Waals surface area contributed by atoms with Crippen LogP contribution in [0.4, 0.5) is 0 Å². The second-order valence-electron chi connectivity index (χ2n) is 5.66. The number of tetrazole rings is 1. The minimum absolute atomic E-state index is 0.269. The molecule has 3 rings (SSSR count). The van der Waals surface area contributed by atoms with Crippen LogP contribution in [0.2, 0.25) is 0 Å². The first-order chi connectivity index (χ1) is 10.3. The van der Waals surface area contributed by atoms with Crippen molar-refractivity contribution in [2.75, 3.05) is 19.7 Å². The Morgan fingerprint density at radius 1 is 1.19 bits per heavy atom. The molecular weight excluding hydrogens is 266 g/mol. The van der Waals surface area contributed by atoms with Crippen LogP contribution >= 0.6 is 0 Å². The summed E-state index contributed by atoms with van der Waals surface area (Å²) in [5.74, 6) is 1.27. The van der Waals surface area contributed by atoms with Gasteiger partial charge in [-0.05, 0) is 41.3 Å². The van der Waals surface area contributed by atoms with Gasteiger partial charge >= 0.3 is 0 Å². The number of piperidine rings is 1. The van der Waals surface area contributed by atoms with E-state index in [4.69, 9.17) is 0 Å². The van der Waals surface area contributed by atoms with Crippen LogP contribution in [0.1, 0.15) is 24.2 Å². The molecule has 2 aromatic rings. The van der Waals surface area contributed by atoms with Crippen LogP contribution in [0.5, 0.6) is 0 Å². The van der Waals surface area contributed by atoms with E-state index in [-0.39, 0.29) is 6.61 Å². The number of aliphatic hydroxyl groups is 1. The predicted molar refractivity (Wildman–Crippen MR) is 78.4 cm³/mol. The second kappa shape index (κ2) is 6.78. The molecule has 1 aliphatic rings. The molecule has 112 valence electrons. The zero-order valence-corrected chi connectivity index (χ0v) is 12.1. The highest BCUT2D eigenvalue weighted by molar-refractivity contribution is 5.14. The van der Waals surface area contributed by atoms with Crippen molar-refractivity contribution in [2.45, 2.75) is 25.9 Å². The molecule has 6 heteroatoms. The van der Waals surface area contributed by atoms with Gasteiger partial charge in [0.25, 0.3) is 0 Å². The van der Waals surface area contributed by atoms with Gasteiger partial charge in [0.15, 0.2) is 5.82 Å². The Kier molecular flexibility index (Phi) is 4.57. The maximum Gasteiger partial charge on any atom is 0.165 e. The van der Waals surface area contributed by atoms with Crippen LogP contribution in [0.15, 0.2) is 30.3 Å². The summed E-state index contributed by atoms with van der Waals surface area (Å²) in [4.78, 5) is 2.33. The zero-order valence-electron chi connectivity index (χ0n) is 12.1. The number of nitrogens with zero attached hydrogens (tertiary/aromatic N) is 5. The van der Waals surface area contributed by atoms with Crippen LogP contribution in [0, 0.1) is 5.92 Å². The second-order valence-corrected chi connectivity index (χ2v) is 5.66. The molecule has 1 atom stereocenters. The molecule has 0 spiro atoms. The third-order valence-corrected chi connectivity index (χ3v) is 4.01. The number of hydrogen-bond acceptors (Lipinski definition) is 5. The quantitative estimate of drug-likeness (QED) is 0.886. The van der Waals surface area contributed by atoms with Crippen molar-refractivity contribution in [3.63, 3.8) is 0 Å². The van der Waals surface area contributed by atoms with Gasteiger partial charge in [0.2, 0.25) is 0 Å². The third kappa shape index (κ3) is 3.65. The summed E-state index contributed by atoms with van der Waals surface area (Å²) in [6.07, 6.45) is 2.24. The van der Waals surface area contributed by atoms with Crippen molar-refractivity contribution >= 4 is 0 Å². The number of hydrogen-bond donors (Lipinski definition) is 1. The predicted octanol–water partition coefficient (Wildman–Crippen LogP) is 0.926. The third-order valence-electron chi connectivity index (χ3n) is 4.01. The molecule has 1 unspecified atom stereocenters. The summed E-state index contributed by atoms with van der Waals surface area (Å²) in [5, 5.41) is 21.4. The van der Waals surface area contributed by atoms with Gasteiger partial charge in [-0.1, -0.05) is 30.3 Å². The average Bonchev–Trinajstić information content (AvgIpc) is 2.95. The van der Waals surface area contributed by atoms with E-state index in [9.17, 15) is 5.11 Å². The van der Waals surface area contributed by atoms with Crippen LogP contribution < -0.4 is 0 Å². The Morgan fingerprint density at radius 3 is 2.86 bits per heavy atom. The Morgan fingerprint density at radius 2 is 2.05 bits per heavy atom. The molecule has 6 nitrogen and oxygen atoms in total. The summed E-state index contributed by atoms with van der Waals surface area (Å²) in [6.45, 7) is 3.69. The maximum atomic E-state index is 9.31. The van der Waals surface area contributed by atoms with Crippen molar-refractivity contribution in [1.29, 1.82) is 0 Å². The molecule has 1 saturated heterocycles. The molecule has 0 amide bonds. The van der Waals surface area contributed by atoms with Gasteiger partial charge in [0.1, 0.15) is 0 Å². The lowest BCUT2D eigenvalue weighted by Crippen LogP contribution is -2.37. The molecular formula is C15H21N5O. The monoisotopic (exact) mass is 287 g/mol. The first-order valence-corrected chi connectivity index (χ1v) is 7.47. The Bertz CT molecular complexity index is 556. The average molecular weight is 287 g/mol. The minimum Gasteiger partial charge on any atom is -0.396 e. The SMILES string of the molecule is OCC1CCCN(Cc2nnnn2Cc2ccccc2)C1. The van der Waals surface area contributed by atoms with E-state index in [0.29, 0.717) is 12.5 Å². The van der Waals surface area contributed by atoms with E-state index in [2.05, 4.69) is 32.6 Å². The molecule has 1 aromatic carbocycles. The summed E-state index contributed by atoms with van der Waals surface area (Å²) in [5.41, 5.74) is 1.19. The van der Waals surface area contributed by atoms with E-state index < -0.39 is 0 Å². The largest absolute Gasteiger partial charge is 0.396 e. The first-order valence-electron chi connectivity index (χ1n) is 7.47. The summed E-state index contributed by atoms with van der Waals surface area (Å²) >= 11 is 0. The number of aliphatic hydroxyl groups excluding tert-OH is 1. The highest BCUT2D eigenvalue weighted by atomic mass is 16.3. The number of aromatic nitrogens is 4. The fourth-order valence-electron chi connectivity index (χ4n) is 2.86. The van der Waals surface area contributed by atoms with Crippen molar-refractivity contribution < 1.29 is 5.11 Å². The fourth-order valence-corrected chi connectivity index (χ4v) is 2.86. The lowest BCUT2D eigenvalue weighted by atomic mass is 9.99. The van der Waals surface area contributed by atoms with Gasteiger partial charge in [-0.25, -0.2) is 4.68 Å². The van der Waals surface area contributed by atoms with Crippen LogP contribution in [-0.4, -0.2) is 49.9 Å². The van der Waals surface area contributed by atoms with Crippen LogP contribution in [-0.2, 0) is 13.1 Å². The molecule has 0 saturated carbocycles. The molecule has 1 fully saturated rings. The lowest BCUT2D eigenvalue weighted by Gasteiger charge is -2.31. The Hall–Kier alpha value is -1.79. The van der Waals surface area contributed by atoms with Gasteiger partial charge in [-0.15, -0.1) is 5.10 Å². The molecule has 2 heterocycles. The van der Waals surface area contributed by atoms with Crippen molar-refractivity contribution in [3.8, 4) is 0 Å². The van der Waals surface area contributed by atoms with E-state index >= 15 is 0 Å². The topological polar surface area (TPSA) is 67.1 Å². The van der Waals surface area contributed by atoms with E-state index in [1.165, 1.54) is 5.56 Å². The molecule has 0 radical (unpaired) electrons. The Balaban J connectivity index is 1.65. The summed E-state index contributed by atoms with van der Waals surface area (Å²) < 4.78 is 1.86. The molecule has 1 aromatic heterocycles. The highest BCUT2D eigenvalue weighted by Crippen LogP contribution is 2.17. The summed E-state index contributed by atoms with van der Waals surface area (Å²) in [7, 11) is 0. The van der Waals surface area contributed by atoms with Crippen LogP contribution in [0.3, 0.4) is 0 Å². The van der Waals surface area contributed by atoms with Crippen molar-refractivity contribution in [3.05, 3.63) is 41.7 Å². The molecule has 0 aliphatic carbocycles. The van der Waals surface area contributed by atoms with Gasteiger partial charge in [0.05, 0.1) is 13.1 Å². The standard InChI is InChI=1S/C15H21N5O/c21-12-14-7-4-8-19(9-14)11-15-16-17-18-20(15)10-13-5-2-1-3-6-13/h1-3,5-6,14,21H,4,7-12H2. The number of benzene rings is 1. The van der Waals surface area contributed by atoms with E-state index in [0.717, 1.165) is 38.3 Å². The normalized spacial score (nSPS) is 19.8. The molecule has 1 aliphatic heterocycles. The van der Waals surface area contributed by atoms with Gasteiger partial charge in [0, 0.05) is 13.2 Å². The summed E-state index contributed by atoms with van der Waals surface area (Å²) in [6, 6.07) is 10.2. The van der Waals surface area contributed by atoms with Crippen LogP contribution in [0.25, 0.3) is 0 Å². The Labute approximate surface area is 124 Å². The van der Waals surface area contributed by atoms with Gasteiger partial charge < -0.3 is 5.11 Å². The van der Waals surface area contributed by atoms with E-state index in [1.807, 2.05) is 22.9 Å². The number of rotatable bonds is 5. The first kappa shape index (κ1) is 14.2.